The molecule has 0 aliphatic heterocycles. The second-order valence-corrected chi connectivity index (χ2v) is 5.11. The Labute approximate surface area is 105 Å². The molecule has 2 nitrogen and oxygen atoms in total. The molecule has 0 spiro atoms. The third-order valence-electron chi connectivity index (χ3n) is 2.50. The van der Waals surface area contributed by atoms with Crippen LogP contribution in [0.5, 0.6) is 0 Å². The first-order valence-corrected chi connectivity index (χ1v) is 6.72. The van der Waals surface area contributed by atoms with E-state index >= 15 is 0 Å². The highest BCUT2D eigenvalue weighted by Gasteiger charge is 1.99. The van der Waals surface area contributed by atoms with Gasteiger partial charge in [0.25, 0.3) is 0 Å². The maximum absolute atomic E-state index is 10.8. The predicted octanol–water partition coefficient (Wildman–Crippen LogP) is 3.70. The van der Waals surface area contributed by atoms with Crippen LogP contribution >= 0.6 is 11.8 Å². The van der Waals surface area contributed by atoms with Crippen molar-refractivity contribution in [2.45, 2.75) is 24.8 Å². The highest BCUT2D eigenvalue weighted by molar-refractivity contribution is 7.99. The lowest BCUT2D eigenvalue weighted by Crippen LogP contribution is -1.91. The van der Waals surface area contributed by atoms with Crippen LogP contribution in [0.2, 0.25) is 0 Å². The Morgan fingerprint density at radius 1 is 1.24 bits per heavy atom. The van der Waals surface area contributed by atoms with Gasteiger partial charge in [-0.25, -0.2) is 4.98 Å². The average molecular weight is 245 g/mol. The number of carbonyl (C=O) groups is 1. The number of Topliss-reactive ketones (excluding diaryl/α,β-unsaturated/α-hetero) is 1. The number of hydrogen-bond acceptors (Lipinski definition) is 3. The normalized spacial score (nSPS) is 10.6. The van der Waals surface area contributed by atoms with Gasteiger partial charge >= 0.3 is 0 Å². The number of fused-ring (bicyclic) bond motifs is 1. The van der Waals surface area contributed by atoms with E-state index in [-0.39, 0.29) is 5.78 Å². The molecular weight excluding hydrogens is 230 g/mol. The minimum Gasteiger partial charge on any atom is -0.300 e. The molecule has 0 radical (unpaired) electrons. The largest absolute Gasteiger partial charge is 0.300 e. The zero-order valence-electron chi connectivity index (χ0n) is 9.85. The summed E-state index contributed by atoms with van der Waals surface area (Å²) in [5.74, 6) is 1.21. The molecule has 0 N–H and O–H groups in total. The van der Waals surface area contributed by atoms with Gasteiger partial charge in [-0.05, 0) is 31.2 Å². The molecule has 0 bridgehead atoms. The standard InChI is InChI=1S/C14H15NOS/c1-11(16)5-4-10-17-14-9-8-12-6-2-3-7-13(12)15-14/h2-3,6-9H,4-5,10H2,1H3. The number of hydrogen-bond donors (Lipinski definition) is 0. The lowest BCUT2D eigenvalue weighted by atomic mass is 10.2. The van der Waals surface area contributed by atoms with E-state index in [1.807, 2.05) is 24.3 Å². The quantitative estimate of drug-likeness (QED) is 0.594. The fourth-order valence-corrected chi connectivity index (χ4v) is 2.45. The van der Waals surface area contributed by atoms with Crippen LogP contribution in [0.4, 0.5) is 0 Å². The van der Waals surface area contributed by atoms with Crippen molar-refractivity contribution in [1.82, 2.24) is 4.98 Å². The fourth-order valence-electron chi connectivity index (χ4n) is 1.63. The molecule has 0 atom stereocenters. The zero-order chi connectivity index (χ0) is 12.1. The molecule has 0 fully saturated rings. The van der Waals surface area contributed by atoms with Crippen molar-refractivity contribution in [1.29, 1.82) is 0 Å². The smallest absolute Gasteiger partial charge is 0.129 e. The lowest BCUT2D eigenvalue weighted by Gasteiger charge is -2.02. The van der Waals surface area contributed by atoms with Gasteiger partial charge in [-0.2, -0.15) is 0 Å². The molecule has 3 heteroatoms. The van der Waals surface area contributed by atoms with E-state index in [0.29, 0.717) is 6.42 Å². The first-order valence-electron chi connectivity index (χ1n) is 5.74. The van der Waals surface area contributed by atoms with Crippen molar-refractivity contribution in [2.24, 2.45) is 0 Å². The van der Waals surface area contributed by atoms with E-state index in [0.717, 1.165) is 22.7 Å². The molecule has 1 heterocycles. The van der Waals surface area contributed by atoms with Crippen LogP contribution in [0.1, 0.15) is 19.8 Å². The summed E-state index contributed by atoms with van der Waals surface area (Å²) in [5, 5.41) is 2.20. The van der Waals surface area contributed by atoms with Crippen molar-refractivity contribution in [2.75, 3.05) is 5.75 Å². The molecule has 1 aromatic carbocycles. The van der Waals surface area contributed by atoms with Crippen molar-refractivity contribution < 1.29 is 4.79 Å². The molecular formula is C14H15NOS. The van der Waals surface area contributed by atoms with E-state index in [2.05, 4.69) is 17.1 Å². The van der Waals surface area contributed by atoms with Gasteiger partial charge in [0.2, 0.25) is 0 Å². The van der Waals surface area contributed by atoms with Crippen molar-refractivity contribution in [3.63, 3.8) is 0 Å². The van der Waals surface area contributed by atoms with Crippen LogP contribution in [0, 0.1) is 0 Å². The van der Waals surface area contributed by atoms with Gasteiger partial charge in [-0.3, -0.25) is 0 Å². The number of ketones is 1. The van der Waals surface area contributed by atoms with Gasteiger partial charge in [-0.1, -0.05) is 24.3 Å². The van der Waals surface area contributed by atoms with Crippen molar-refractivity contribution in [3.8, 4) is 0 Å². The highest BCUT2D eigenvalue weighted by Crippen LogP contribution is 2.20. The lowest BCUT2D eigenvalue weighted by molar-refractivity contribution is -0.117. The molecule has 88 valence electrons. The van der Waals surface area contributed by atoms with Crippen LogP contribution in [-0.4, -0.2) is 16.5 Å². The second-order valence-electron chi connectivity index (χ2n) is 4.00. The van der Waals surface area contributed by atoms with E-state index in [1.165, 1.54) is 5.39 Å². The van der Waals surface area contributed by atoms with Gasteiger partial charge in [0.1, 0.15) is 5.78 Å². The maximum Gasteiger partial charge on any atom is 0.129 e. The van der Waals surface area contributed by atoms with Gasteiger partial charge < -0.3 is 4.79 Å². The Morgan fingerprint density at radius 2 is 2.06 bits per heavy atom. The maximum atomic E-state index is 10.8. The molecule has 0 unspecified atom stereocenters. The Kier molecular flexibility index (Phi) is 4.15. The number of thioether (sulfide) groups is 1. The molecule has 0 amide bonds. The number of para-hydroxylation sites is 1. The number of pyridine rings is 1. The van der Waals surface area contributed by atoms with Gasteiger partial charge in [0.05, 0.1) is 10.5 Å². The summed E-state index contributed by atoms with van der Waals surface area (Å²) in [6.45, 7) is 1.64. The Balaban J connectivity index is 1.97. The Bertz CT molecular complexity index is 524. The number of aromatic nitrogens is 1. The number of benzene rings is 1. The van der Waals surface area contributed by atoms with Crippen LogP contribution in [0.25, 0.3) is 10.9 Å². The van der Waals surface area contributed by atoms with E-state index < -0.39 is 0 Å². The summed E-state index contributed by atoms with van der Waals surface area (Å²) in [7, 11) is 0. The monoisotopic (exact) mass is 245 g/mol. The summed E-state index contributed by atoms with van der Waals surface area (Å²) < 4.78 is 0. The van der Waals surface area contributed by atoms with E-state index in [9.17, 15) is 4.79 Å². The minimum absolute atomic E-state index is 0.261. The predicted molar refractivity (Wildman–Crippen MR) is 72.4 cm³/mol. The van der Waals surface area contributed by atoms with E-state index in [4.69, 9.17) is 0 Å². The Hall–Kier alpha value is -1.35. The first-order chi connectivity index (χ1) is 8.25. The molecule has 2 aromatic rings. The van der Waals surface area contributed by atoms with Crippen LogP contribution < -0.4 is 0 Å². The van der Waals surface area contributed by atoms with Gasteiger partial charge in [0.15, 0.2) is 0 Å². The van der Waals surface area contributed by atoms with Gasteiger partial charge in [0, 0.05) is 11.8 Å². The second kappa shape index (κ2) is 5.82. The van der Waals surface area contributed by atoms with Crippen LogP contribution in [0.3, 0.4) is 0 Å². The SMILES string of the molecule is CC(=O)CCCSc1ccc2ccccc2n1. The van der Waals surface area contributed by atoms with Crippen molar-refractivity contribution in [3.05, 3.63) is 36.4 Å². The number of rotatable bonds is 5. The first kappa shape index (κ1) is 12.1. The van der Waals surface area contributed by atoms with E-state index in [1.54, 1.807) is 18.7 Å². The van der Waals surface area contributed by atoms with Crippen molar-refractivity contribution >= 4 is 28.4 Å². The fraction of sp³-hybridized carbons (Fsp3) is 0.286. The molecule has 0 saturated carbocycles. The Morgan fingerprint density at radius 3 is 2.88 bits per heavy atom. The molecule has 0 saturated heterocycles. The molecule has 0 aliphatic carbocycles. The topological polar surface area (TPSA) is 30.0 Å². The van der Waals surface area contributed by atoms with Gasteiger partial charge in [-0.15, -0.1) is 11.8 Å². The third-order valence-corrected chi connectivity index (χ3v) is 3.51. The summed E-state index contributed by atoms with van der Waals surface area (Å²) in [4.78, 5) is 15.4. The summed E-state index contributed by atoms with van der Waals surface area (Å²) in [5.41, 5.74) is 1.03. The summed E-state index contributed by atoms with van der Waals surface area (Å²) in [6.07, 6.45) is 1.59. The minimum atomic E-state index is 0.261. The number of nitrogens with zero attached hydrogens (tertiary/aromatic N) is 1. The highest BCUT2D eigenvalue weighted by atomic mass is 32.2. The molecule has 0 aliphatic rings. The van der Waals surface area contributed by atoms with Crippen LogP contribution in [-0.2, 0) is 4.79 Å². The summed E-state index contributed by atoms with van der Waals surface area (Å²) in [6, 6.07) is 12.2. The zero-order valence-corrected chi connectivity index (χ0v) is 10.7. The van der Waals surface area contributed by atoms with Crippen LogP contribution in [0.15, 0.2) is 41.4 Å². The summed E-state index contributed by atoms with van der Waals surface area (Å²) >= 11 is 1.71. The molecule has 1 aromatic heterocycles. The number of carbonyl (C=O) groups excluding carboxylic acids is 1. The molecule has 2 rings (SSSR count). The average Bonchev–Trinajstić information content (AvgIpc) is 2.34. The molecule has 17 heavy (non-hydrogen) atoms. The third kappa shape index (κ3) is 3.56.